The fraction of sp³-hybridized carbons (Fsp3) is 0.412. The molecule has 0 saturated carbocycles. The Morgan fingerprint density at radius 3 is 2.52 bits per heavy atom. The highest BCUT2D eigenvalue weighted by atomic mass is 35.5. The van der Waals surface area contributed by atoms with Crippen molar-refractivity contribution < 1.29 is 14.4 Å². The monoisotopic (exact) mass is 334 g/mol. The molecule has 1 saturated heterocycles. The van der Waals surface area contributed by atoms with Crippen molar-refractivity contribution in [3.8, 4) is 11.3 Å². The molecule has 0 aliphatic carbocycles. The van der Waals surface area contributed by atoms with E-state index in [9.17, 15) is 9.90 Å². The van der Waals surface area contributed by atoms with Gasteiger partial charge in [-0.3, -0.25) is 4.79 Å². The third-order valence-corrected chi connectivity index (χ3v) is 4.32. The molecule has 1 N–H and O–H groups in total. The van der Waals surface area contributed by atoms with Crippen LogP contribution in [0.15, 0.2) is 28.8 Å². The minimum absolute atomic E-state index is 0.133. The Morgan fingerprint density at radius 2 is 1.91 bits per heavy atom. The second-order valence-electron chi connectivity index (χ2n) is 5.81. The van der Waals surface area contributed by atoms with Gasteiger partial charge in [0.1, 0.15) is 17.4 Å². The van der Waals surface area contributed by atoms with E-state index in [4.69, 9.17) is 16.1 Å². The van der Waals surface area contributed by atoms with E-state index >= 15 is 0 Å². The number of carbonyl (C=O) groups is 1. The van der Waals surface area contributed by atoms with Crippen molar-refractivity contribution >= 4 is 17.5 Å². The number of hydrogen-bond acceptors (Lipinski definition) is 4. The van der Waals surface area contributed by atoms with Gasteiger partial charge in [-0.05, 0) is 38.3 Å². The molecule has 1 aliphatic rings. The smallest absolute Gasteiger partial charge is 0.259 e. The van der Waals surface area contributed by atoms with Crippen LogP contribution in [0.4, 0.5) is 0 Å². The molecular weight excluding hydrogens is 316 g/mol. The minimum atomic E-state index is -0.896. The van der Waals surface area contributed by atoms with Crippen LogP contribution < -0.4 is 0 Å². The summed E-state index contributed by atoms with van der Waals surface area (Å²) in [4.78, 5) is 14.7. The zero-order valence-corrected chi connectivity index (χ0v) is 13.7. The molecule has 3 rings (SSSR count). The zero-order chi connectivity index (χ0) is 16.4. The van der Waals surface area contributed by atoms with Crippen LogP contribution in [0.1, 0.15) is 48.4 Å². The van der Waals surface area contributed by atoms with Crippen LogP contribution in [0.25, 0.3) is 11.3 Å². The second-order valence-corrected chi connectivity index (χ2v) is 6.24. The highest BCUT2D eigenvalue weighted by molar-refractivity contribution is 6.30. The van der Waals surface area contributed by atoms with Crippen LogP contribution in [0, 0.1) is 0 Å². The predicted octanol–water partition coefficient (Wildman–Crippen LogP) is 3.67. The summed E-state index contributed by atoms with van der Waals surface area (Å²) in [6.07, 6.45) is 2.24. The number of nitrogens with zero attached hydrogens (tertiary/aromatic N) is 2. The third-order valence-electron chi connectivity index (χ3n) is 4.07. The molecule has 1 aromatic heterocycles. The molecule has 1 fully saturated rings. The summed E-state index contributed by atoms with van der Waals surface area (Å²) >= 11 is 5.92. The number of amides is 1. The van der Waals surface area contributed by atoms with E-state index in [-0.39, 0.29) is 11.7 Å². The van der Waals surface area contributed by atoms with Gasteiger partial charge < -0.3 is 14.5 Å². The van der Waals surface area contributed by atoms with E-state index in [0.29, 0.717) is 16.3 Å². The van der Waals surface area contributed by atoms with Gasteiger partial charge >= 0.3 is 0 Å². The first kappa shape index (κ1) is 16.0. The van der Waals surface area contributed by atoms with Crippen LogP contribution in [-0.2, 0) is 0 Å². The first-order valence-corrected chi connectivity index (χ1v) is 8.18. The van der Waals surface area contributed by atoms with Gasteiger partial charge in [0.2, 0.25) is 0 Å². The number of aliphatic hydroxyl groups is 1. The van der Waals surface area contributed by atoms with Crippen LogP contribution in [0.5, 0.6) is 0 Å². The van der Waals surface area contributed by atoms with E-state index in [1.807, 2.05) is 0 Å². The fourth-order valence-electron chi connectivity index (χ4n) is 2.85. The molecule has 2 aromatic rings. The molecule has 1 atom stereocenters. The summed E-state index contributed by atoms with van der Waals surface area (Å²) in [7, 11) is 0. The molecule has 2 heterocycles. The van der Waals surface area contributed by atoms with Gasteiger partial charge in [-0.1, -0.05) is 28.9 Å². The number of rotatable bonds is 3. The first-order chi connectivity index (χ1) is 11.1. The van der Waals surface area contributed by atoms with Crippen molar-refractivity contribution in [2.45, 2.75) is 32.3 Å². The van der Waals surface area contributed by atoms with E-state index in [1.165, 1.54) is 0 Å². The van der Waals surface area contributed by atoms with E-state index in [0.717, 1.165) is 37.9 Å². The van der Waals surface area contributed by atoms with Gasteiger partial charge in [-0.15, -0.1) is 0 Å². The summed E-state index contributed by atoms with van der Waals surface area (Å²) in [6.45, 7) is 3.02. The number of carbonyl (C=O) groups excluding carboxylic acids is 1. The van der Waals surface area contributed by atoms with Crippen molar-refractivity contribution in [1.82, 2.24) is 10.1 Å². The number of benzene rings is 1. The van der Waals surface area contributed by atoms with Gasteiger partial charge in [0.15, 0.2) is 5.76 Å². The van der Waals surface area contributed by atoms with Gasteiger partial charge in [-0.25, -0.2) is 0 Å². The van der Waals surface area contributed by atoms with Crippen LogP contribution in [0.2, 0.25) is 5.02 Å². The predicted molar refractivity (Wildman–Crippen MR) is 87.3 cm³/mol. The summed E-state index contributed by atoms with van der Waals surface area (Å²) in [5.41, 5.74) is 1.54. The standard InChI is InChI=1S/C17H19ClN2O3/c1-11(21)16-14(17(22)20-9-3-2-4-10-20)15(19-23-16)12-5-7-13(18)8-6-12/h5-8,11,21H,2-4,9-10H2,1H3/t11-/m0/s1. The molecule has 1 aliphatic heterocycles. The summed E-state index contributed by atoms with van der Waals surface area (Å²) < 4.78 is 5.27. The molecular formula is C17H19ClN2O3. The summed E-state index contributed by atoms with van der Waals surface area (Å²) in [6, 6.07) is 7.06. The maximum atomic E-state index is 12.9. The van der Waals surface area contributed by atoms with E-state index < -0.39 is 6.10 Å². The maximum absolute atomic E-state index is 12.9. The Morgan fingerprint density at radius 1 is 1.26 bits per heavy atom. The lowest BCUT2D eigenvalue weighted by atomic mass is 10.0. The van der Waals surface area contributed by atoms with Crippen LogP contribution in [-0.4, -0.2) is 34.2 Å². The normalized spacial score (nSPS) is 16.4. The highest BCUT2D eigenvalue weighted by Gasteiger charge is 2.30. The second kappa shape index (κ2) is 6.72. The van der Waals surface area contributed by atoms with Crippen molar-refractivity contribution in [2.75, 3.05) is 13.1 Å². The Bertz CT molecular complexity index is 688. The number of hydrogen-bond donors (Lipinski definition) is 1. The van der Waals surface area contributed by atoms with E-state index in [1.54, 1.807) is 36.1 Å². The number of likely N-dealkylation sites (tertiary alicyclic amines) is 1. The van der Waals surface area contributed by atoms with Crippen molar-refractivity contribution in [3.63, 3.8) is 0 Å². The lowest BCUT2D eigenvalue weighted by Crippen LogP contribution is -2.36. The maximum Gasteiger partial charge on any atom is 0.259 e. The summed E-state index contributed by atoms with van der Waals surface area (Å²) in [5, 5.41) is 14.6. The Kier molecular flexibility index (Phi) is 4.68. The van der Waals surface area contributed by atoms with Crippen LogP contribution >= 0.6 is 11.6 Å². The Labute approximate surface area is 139 Å². The largest absolute Gasteiger partial charge is 0.385 e. The lowest BCUT2D eigenvalue weighted by Gasteiger charge is -2.26. The van der Waals surface area contributed by atoms with Crippen molar-refractivity contribution in [1.29, 1.82) is 0 Å². The molecule has 1 amide bonds. The Balaban J connectivity index is 2.03. The average molecular weight is 335 g/mol. The van der Waals surface area contributed by atoms with Crippen molar-refractivity contribution in [3.05, 3.63) is 40.6 Å². The van der Waals surface area contributed by atoms with E-state index in [2.05, 4.69) is 5.16 Å². The third kappa shape index (κ3) is 3.26. The van der Waals surface area contributed by atoms with Crippen LogP contribution in [0.3, 0.4) is 0 Å². The molecule has 122 valence electrons. The molecule has 1 aromatic carbocycles. The quantitative estimate of drug-likeness (QED) is 0.930. The minimum Gasteiger partial charge on any atom is -0.385 e. The molecule has 0 unspecified atom stereocenters. The number of halogens is 1. The Hall–Kier alpha value is -1.85. The number of aliphatic hydroxyl groups excluding tert-OH is 1. The molecule has 5 nitrogen and oxygen atoms in total. The van der Waals surface area contributed by atoms with Gasteiger partial charge in [0, 0.05) is 23.7 Å². The zero-order valence-electron chi connectivity index (χ0n) is 13.0. The highest BCUT2D eigenvalue weighted by Crippen LogP contribution is 2.31. The molecule has 0 spiro atoms. The lowest BCUT2D eigenvalue weighted by molar-refractivity contribution is 0.0713. The topological polar surface area (TPSA) is 66.6 Å². The number of aromatic nitrogens is 1. The fourth-order valence-corrected chi connectivity index (χ4v) is 2.98. The van der Waals surface area contributed by atoms with Gasteiger partial charge in [0.25, 0.3) is 5.91 Å². The van der Waals surface area contributed by atoms with Crippen molar-refractivity contribution in [2.24, 2.45) is 0 Å². The molecule has 23 heavy (non-hydrogen) atoms. The molecule has 6 heteroatoms. The molecule has 0 radical (unpaired) electrons. The van der Waals surface area contributed by atoms with Gasteiger partial charge in [-0.2, -0.15) is 0 Å². The SMILES string of the molecule is C[C@H](O)c1onc(-c2ccc(Cl)cc2)c1C(=O)N1CCCCC1. The average Bonchev–Trinajstić information content (AvgIpc) is 3.01. The number of piperidine rings is 1. The summed E-state index contributed by atoms with van der Waals surface area (Å²) in [5.74, 6) is 0.0809. The van der Waals surface area contributed by atoms with Gasteiger partial charge in [0.05, 0.1) is 0 Å². The first-order valence-electron chi connectivity index (χ1n) is 7.81. The molecule has 0 bridgehead atoms.